The Morgan fingerprint density at radius 1 is 0.339 bits per heavy atom. The molecule has 0 spiro atoms. The third-order valence-corrected chi connectivity index (χ3v) is 11.3. The summed E-state index contributed by atoms with van der Waals surface area (Å²) in [4.78, 5) is 37.9. The van der Waals surface area contributed by atoms with Gasteiger partial charge >= 0.3 is 17.9 Å². The minimum atomic E-state index is -0.781. The summed E-state index contributed by atoms with van der Waals surface area (Å²) < 4.78 is 16.8. The summed E-state index contributed by atoms with van der Waals surface area (Å²) >= 11 is 0. The van der Waals surface area contributed by atoms with E-state index in [0.717, 1.165) is 103 Å². The summed E-state index contributed by atoms with van der Waals surface area (Å²) in [5, 5.41) is 0. The van der Waals surface area contributed by atoms with E-state index in [-0.39, 0.29) is 31.1 Å². The number of allylic oxidation sites excluding steroid dienone is 10. The maximum Gasteiger partial charge on any atom is 0.306 e. The number of carbonyl (C=O) groups excluding carboxylic acids is 3. The van der Waals surface area contributed by atoms with Crippen LogP contribution in [0.3, 0.4) is 0 Å². The lowest BCUT2D eigenvalue weighted by molar-refractivity contribution is -0.167. The number of esters is 3. The predicted octanol–water partition coefficient (Wildman–Crippen LogP) is 17.3. The fourth-order valence-corrected chi connectivity index (χ4v) is 7.31. The van der Waals surface area contributed by atoms with Gasteiger partial charge in [0.2, 0.25) is 0 Å². The van der Waals surface area contributed by atoms with Crippen molar-refractivity contribution in [3.8, 4) is 0 Å². The highest BCUT2D eigenvalue weighted by Gasteiger charge is 2.19. The first kappa shape index (κ1) is 59.1. The minimum absolute atomic E-state index is 0.0807. The summed E-state index contributed by atoms with van der Waals surface area (Å²) in [5.41, 5.74) is 0. The topological polar surface area (TPSA) is 78.9 Å². The van der Waals surface area contributed by atoms with Crippen molar-refractivity contribution < 1.29 is 28.6 Å². The first-order chi connectivity index (χ1) is 30.5. The Labute approximate surface area is 383 Å². The van der Waals surface area contributed by atoms with E-state index in [9.17, 15) is 14.4 Å². The molecular formula is C56H98O6. The summed E-state index contributed by atoms with van der Waals surface area (Å²) in [6.45, 7) is 6.49. The van der Waals surface area contributed by atoms with Gasteiger partial charge in [0.25, 0.3) is 0 Å². The molecule has 0 saturated heterocycles. The van der Waals surface area contributed by atoms with Crippen LogP contribution in [0, 0.1) is 0 Å². The number of hydrogen-bond donors (Lipinski definition) is 0. The Hall–Kier alpha value is -2.89. The SMILES string of the molecule is CC/C=C\C/C=C\C/C=C\C/C=C\CCCCCCCCC(=O)OCC(COC(=O)CCCCCCCCCCC)OC(=O)CCCCCCC/C=C\CCCCCCCCC. The van der Waals surface area contributed by atoms with Crippen molar-refractivity contribution >= 4 is 17.9 Å². The van der Waals surface area contributed by atoms with Crippen LogP contribution < -0.4 is 0 Å². The molecular weight excluding hydrogens is 769 g/mol. The van der Waals surface area contributed by atoms with Gasteiger partial charge < -0.3 is 14.2 Å². The van der Waals surface area contributed by atoms with Gasteiger partial charge in [-0.1, -0.05) is 216 Å². The molecule has 0 aromatic carbocycles. The third-order valence-electron chi connectivity index (χ3n) is 11.3. The largest absolute Gasteiger partial charge is 0.462 e. The first-order valence-corrected chi connectivity index (χ1v) is 26.3. The molecule has 0 amide bonds. The van der Waals surface area contributed by atoms with E-state index < -0.39 is 6.10 Å². The van der Waals surface area contributed by atoms with Crippen LogP contribution in [-0.4, -0.2) is 37.2 Å². The van der Waals surface area contributed by atoms with Gasteiger partial charge in [0.1, 0.15) is 13.2 Å². The standard InChI is InChI=1S/C56H98O6/c1-4-7-10-13-16-19-21-23-25-27-28-29-31-32-34-37-40-43-46-49-55(58)61-52-53(51-60-54(57)48-45-42-39-36-18-15-12-9-6-3)62-56(59)50-47-44-41-38-35-33-30-26-24-22-20-17-14-11-8-5-2/h7,10,16,19,23,25-26,28-30,53H,4-6,8-9,11-15,17-18,20-22,24,27,31-52H2,1-3H3/b10-7-,19-16-,25-23-,29-28-,30-26-. The van der Waals surface area contributed by atoms with E-state index in [1.54, 1.807) is 0 Å². The molecule has 0 saturated carbocycles. The lowest BCUT2D eigenvalue weighted by Crippen LogP contribution is -2.30. The van der Waals surface area contributed by atoms with Crippen LogP contribution in [0.25, 0.3) is 0 Å². The highest BCUT2D eigenvalue weighted by atomic mass is 16.6. The van der Waals surface area contributed by atoms with E-state index in [0.29, 0.717) is 19.3 Å². The van der Waals surface area contributed by atoms with Gasteiger partial charge in [-0.05, 0) is 83.5 Å². The molecule has 0 aromatic rings. The zero-order valence-corrected chi connectivity index (χ0v) is 40.9. The molecule has 1 unspecified atom stereocenters. The van der Waals surface area contributed by atoms with Gasteiger partial charge in [0.05, 0.1) is 0 Å². The molecule has 0 radical (unpaired) electrons. The molecule has 0 N–H and O–H groups in total. The average Bonchev–Trinajstić information content (AvgIpc) is 3.27. The summed E-state index contributed by atoms with van der Waals surface area (Å²) in [7, 11) is 0. The lowest BCUT2D eigenvalue weighted by atomic mass is 10.1. The molecule has 0 fully saturated rings. The summed E-state index contributed by atoms with van der Waals surface area (Å²) in [6.07, 6.45) is 62.1. The van der Waals surface area contributed by atoms with E-state index >= 15 is 0 Å². The van der Waals surface area contributed by atoms with Gasteiger partial charge in [-0.3, -0.25) is 14.4 Å². The molecule has 0 aliphatic carbocycles. The zero-order chi connectivity index (χ0) is 45.1. The van der Waals surface area contributed by atoms with Gasteiger partial charge in [-0.25, -0.2) is 0 Å². The maximum absolute atomic E-state index is 12.8. The van der Waals surface area contributed by atoms with Crippen LogP contribution in [0.15, 0.2) is 60.8 Å². The predicted molar refractivity (Wildman–Crippen MR) is 265 cm³/mol. The molecule has 62 heavy (non-hydrogen) atoms. The van der Waals surface area contributed by atoms with Crippen LogP contribution in [-0.2, 0) is 28.6 Å². The monoisotopic (exact) mass is 867 g/mol. The van der Waals surface area contributed by atoms with Crippen molar-refractivity contribution in [1.29, 1.82) is 0 Å². The van der Waals surface area contributed by atoms with Gasteiger partial charge in [0.15, 0.2) is 6.10 Å². The highest BCUT2D eigenvalue weighted by molar-refractivity contribution is 5.71. The number of rotatable bonds is 47. The van der Waals surface area contributed by atoms with Gasteiger partial charge in [-0.15, -0.1) is 0 Å². The van der Waals surface area contributed by atoms with Crippen LogP contribution in [0.2, 0.25) is 0 Å². The maximum atomic E-state index is 12.8. The summed E-state index contributed by atoms with van der Waals surface area (Å²) in [5.74, 6) is -0.901. The number of hydrogen-bond acceptors (Lipinski definition) is 6. The van der Waals surface area contributed by atoms with Crippen molar-refractivity contribution in [3.63, 3.8) is 0 Å². The fourth-order valence-electron chi connectivity index (χ4n) is 7.31. The molecule has 0 rings (SSSR count). The zero-order valence-electron chi connectivity index (χ0n) is 40.9. The number of carbonyl (C=O) groups is 3. The molecule has 6 nitrogen and oxygen atoms in total. The molecule has 0 heterocycles. The van der Waals surface area contributed by atoms with Crippen molar-refractivity contribution in [2.24, 2.45) is 0 Å². The molecule has 0 aliphatic heterocycles. The van der Waals surface area contributed by atoms with Crippen molar-refractivity contribution in [3.05, 3.63) is 60.8 Å². The van der Waals surface area contributed by atoms with E-state index in [2.05, 4.69) is 81.5 Å². The number of unbranched alkanes of at least 4 members (excludes halogenated alkanes) is 26. The van der Waals surface area contributed by atoms with Crippen molar-refractivity contribution in [1.82, 2.24) is 0 Å². The third kappa shape index (κ3) is 48.1. The molecule has 0 bridgehead atoms. The molecule has 0 aliphatic rings. The van der Waals surface area contributed by atoms with Crippen LogP contribution in [0.1, 0.15) is 258 Å². The highest BCUT2D eigenvalue weighted by Crippen LogP contribution is 2.14. The second-order valence-electron chi connectivity index (χ2n) is 17.4. The number of ether oxygens (including phenoxy) is 3. The second kappa shape index (κ2) is 50.8. The van der Waals surface area contributed by atoms with E-state index in [1.165, 1.54) is 116 Å². The van der Waals surface area contributed by atoms with E-state index in [4.69, 9.17) is 14.2 Å². The Kier molecular flexibility index (Phi) is 48.4. The van der Waals surface area contributed by atoms with E-state index in [1.807, 2.05) is 0 Å². The van der Waals surface area contributed by atoms with Crippen molar-refractivity contribution in [2.75, 3.05) is 13.2 Å². The van der Waals surface area contributed by atoms with Crippen LogP contribution >= 0.6 is 0 Å². The average molecular weight is 867 g/mol. The summed E-state index contributed by atoms with van der Waals surface area (Å²) in [6, 6.07) is 0. The Bertz CT molecular complexity index is 1130. The van der Waals surface area contributed by atoms with Crippen LogP contribution in [0.4, 0.5) is 0 Å². The molecule has 0 aromatic heterocycles. The van der Waals surface area contributed by atoms with Gasteiger partial charge in [0, 0.05) is 19.3 Å². The molecule has 1 atom stereocenters. The molecule has 358 valence electrons. The molecule has 6 heteroatoms. The Balaban J connectivity index is 4.34. The minimum Gasteiger partial charge on any atom is -0.462 e. The normalized spacial score (nSPS) is 12.5. The lowest BCUT2D eigenvalue weighted by Gasteiger charge is -2.18. The quantitative estimate of drug-likeness (QED) is 0.0262. The fraction of sp³-hybridized carbons (Fsp3) is 0.768. The first-order valence-electron chi connectivity index (χ1n) is 26.3. The Morgan fingerprint density at radius 2 is 0.629 bits per heavy atom. The van der Waals surface area contributed by atoms with Crippen LogP contribution in [0.5, 0.6) is 0 Å². The van der Waals surface area contributed by atoms with Gasteiger partial charge in [-0.2, -0.15) is 0 Å². The smallest absolute Gasteiger partial charge is 0.306 e. The van der Waals surface area contributed by atoms with Crippen molar-refractivity contribution in [2.45, 2.75) is 264 Å². The Morgan fingerprint density at radius 3 is 1.00 bits per heavy atom. The second-order valence-corrected chi connectivity index (χ2v) is 17.4.